The van der Waals surface area contributed by atoms with Crippen molar-refractivity contribution in [2.24, 2.45) is 5.73 Å². The van der Waals surface area contributed by atoms with Crippen molar-refractivity contribution in [3.8, 4) is 5.75 Å². The Morgan fingerprint density at radius 1 is 1.45 bits per heavy atom. The number of rotatable bonds is 4. The number of carboxylic acid groups (broad SMARTS) is 1. The van der Waals surface area contributed by atoms with Crippen molar-refractivity contribution in [3.05, 3.63) is 34.4 Å². The molecule has 1 saturated carbocycles. The SMILES string of the molecule is NC1(C(=O)O)CCCC(Oc2ccc([N+](=O)[O-])cc2)C1. The molecule has 1 aromatic rings. The van der Waals surface area contributed by atoms with Gasteiger partial charge >= 0.3 is 5.97 Å². The second kappa shape index (κ2) is 5.46. The average molecular weight is 280 g/mol. The topological polar surface area (TPSA) is 116 Å². The molecule has 1 fully saturated rings. The Labute approximate surface area is 115 Å². The maximum atomic E-state index is 11.1. The fourth-order valence-electron chi connectivity index (χ4n) is 2.39. The summed E-state index contributed by atoms with van der Waals surface area (Å²) in [6.45, 7) is 0. The molecule has 20 heavy (non-hydrogen) atoms. The summed E-state index contributed by atoms with van der Waals surface area (Å²) < 4.78 is 5.67. The van der Waals surface area contributed by atoms with Gasteiger partial charge in [0.1, 0.15) is 17.4 Å². The van der Waals surface area contributed by atoms with Crippen molar-refractivity contribution in [2.45, 2.75) is 37.3 Å². The van der Waals surface area contributed by atoms with E-state index in [-0.39, 0.29) is 18.2 Å². The molecule has 0 amide bonds. The fraction of sp³-hybridized carbons (Fsp3) is 0.462. The lowest BCUT2D eigenvalue weighted by Crippen LogP contribution is -2.53. The van der Waals surface area contributed by atoms with Crippen LogP contribution < -0.4 is 10.5 Å². The molecular weight excluding hydrogens is 264 g/mol. The number of nitro benzene ring substituents is 1. The smallest absolute Gasteiger partial charge is 0.323 e. The van der Waals surface area contributed by atoms with Gasteiger partial charge in [-0.2, -0.15) is 0 Å². The van der Waals surface area contributed by atoms with Crippen LogP contribution in [0.4, 0.5) is 5.69 Å². The van der Waals surface area contributed by atoms with E-state index in [9.17, 15) is 14.9 Å². The molecule has 0 aliphatic heterocycles. The maximum Gasteiger partial charge on any atom is 0.323 e. The summed E-state index contributed by atoms with van der Waals surface area (Å²) in [4.78, 5) is 21.2. The lowest BCUT2D eigenvalue weighted by molar-refractivity contribution is -0.384. The molecular formula is C13H16N2O5. The Hall–Kier alpha value is -2.15. The standard InChI is InChI=1S/C13H16N2O5/c14-13(12(16)17)7-1-2-11(8-13)20-10-5-3-9(4-6-10)15(18)19/h3-6,11H,1-2,7-8,14H2,(H,16,17). The van der Waals surface area contributed by atoms with Crippen LogP contribution in [-0.2, 0) is 4.79 Å². The van der Waals surface area contributed by atoms with Gasteiger partial charge in [-0.15, -0.1) is 0 Å². The highest BCUT2D eigenvalue weighted by atomic mass is 16.6. The van der Waals surface area contributed by atoms with E-state index in [1.54, 1.807) is 0 Å². The number of aliphatic carboxylic acids is 1. The summed E-state index contributed by atoms with van der Waals surface area (Å²) in [6, 6.07) is 5.72. The Kier molecular flexibility index (Phi) is 3.89. The second-order valence-corrected chi connectivity index (χ2v) is 5.05. The summed E-state index contributed by atoms with van der Waals surface area (Å²) in [6.07, 6.45) is 1.79. The van der Waals surface area contributed by atoms with Crippen molar-refractivity contribution in [1.29, 1.82) is 0 Å². The summed E-state index contributed by atoms with van der Waals surface area (Å²) in [5, 5.41) is 19.7. The number of carboxylic acids is 1. The number of nitro groups is 1. The minimum absolute atomic E-state index is 0.0142. The van der Waals surface area contributed by atoms with Crippen LogP contribution in [-0.4, -0.2) is 27.6 Å². The Morgan fingerprint density at radius 3 is 2.65 bits per heavy atom. The number of nitrogens with zero attached hydrogens (tertiary/aromatic N) is 1. The van der Waals surface area contributed by atoms with Gasteiger partial charge in [0.25, 0.3) is 5.69 Å². The van der Waals surface area contributed by atoms with Crippen molar-refractivity contribution < 1.29 is 19.6 Å². The van der Waals surface area contributed by atoms with Gasteiger partial charge in [-0.05, 0) is 31.4 Å². The van der Waals surface area contributed by atoms with Crippen LogP contribution in [0, 0.1) is 10.1 Å². The molecule has 1 aliphatic rings. The zero-order valence-corrected chi connectivity index (χ0v) is 10.8. The molecule has 0 spiro atoms. The average Bonchev–Trinajstić information content (AvgIpc) is 2.39. The Balaban J connectivity index is 2.02. The van der Waals surface area contributed by atoms with Gasteiger partial charge in [-0.25, -0.2) is 0 Å². The lowest BCUT2D eigenvalue weighted by atomic mass is 9.81. The quantitative estimate of drug-likeness (QED) is 0.640. The molecule has 0 radical (unpaired) electrons. The predicted molar refractivity (Wildman–Crippen MR) is 70.5 cm³/mol. The minimum Gasteiger partial charge on any atom is -0.490 e. The largest absolute Gasteiger partial charge is 0.490 e. The van der Waals surface area contributed by atoms with E-state index >= 15 is 0 Å². The van der Waals surface area contributed by atoms with Gasteiger partial charge < -0.3 is 15.6 Å². The zero-order valence-electron chi connectivity index (χ0n) is 10.8. The molecule has 2 rings (SSSR count). The van der Waals surface area contributed by atoms with Crippen LogP contribution >= 0.6 is 0 Å². The normalized spacial score (nSPS) is 25.9. The van der Waals surface area contributed by atoms with Crippen molar-refractivity contribution >= 4 is 11.7 Å². The minimum atomic E-state index is -1.25. The van der Waals surface area contributed by atoms with E-state index in [0.29, 0.717) is 18.6 Å². The van der Waals surface area contributed by atoms with Crippen LogP contribution in [0.3, 0.4) is 0 Å². The highest BCUT2D eigenvalue weighted by molar-refractivity contribution is 5.78. The molecule has 0 saturated heterocycles. The van der Waals surface area contributed by atoms with Gasteiger partial charge in [0.2, 0.25) is 0 Å². The number of ether oxygens (including phenoxy) is 1. The Bertz CT molecular complexity index is 516. The molecule has 2 unspecified atom stereocenters. The van der Waals surface area contributed by atoms with Gasteiger partial charge in [-0.1, -0.05) is 0 Å². The summed E-state index contributed by atoms with van der Waals surface area (Å²) >= 11 is 0. The van der Waals surface area contributed by atoms with Crippen LogP contribution in [0.25, 0.3) is 0 Å². The number of benzene rings is 1. The van der Waals surface area contributed by atoms with Crippen LogP contribution in [0.5, 0.6) is 5.75 Å². The van der Waals surface area contributed by atoms with E-state index in [0.717, 1.165) is 6.42 Å². The highest BCUT2D eigenvalue weighted by Crippen LogP contribution is 2.30. The predicted octanol–water partition coefficient (Wildman–Crippen LogP) is 1.70. The molecule has 0 bridgehead atoms. The highest BCUT2D eigenvalue weighted by Gasteiger charge is 2.40. The molecule has 108 valence electrons. The molecule has 1 aromatic carbocycles. The first-order valence-corrected chi connectivity index (χ1v) is 6.34. The third-order valence-corrected chi connectivity index (χ3v) is 3.52. The van der Waals surface area contributed by atoms with Crippen molar-refractivity contribution in [2.75, 3.05) is 0 Å². The summed E-state index contributed by atoms with van der Waals surface area (Å²) in [5.41, 5.74) is 4.58. The Morgan fingerprint density at radius 2 is 2.10 bits per heavy atom. The molecule has 3 N–H and O–H groups in total. The van der Waals surface area contributed by atoms with Crippen molar-refractivity contribution in [1.82, 2.24) is 0 Å². The van der Waals surface area contributed by atoms with Gasteiger partial charge in [0.05, 0.1) is 4.92 Å². The summed E-state index contributed by atoms with van der Waals surface area (Å²) in [5.74, 6) is -0.537. The molecule has 1 aliphatic carbocycles. The van der Waals surface area contributed by atoms with E-state index < -0.39 is 16.4 Å². The van der Waals surface area contributed by atoms with Gasteiger partial charge in [0.15, 0.2) is 0 Å². The van der Waals surface area contributed by atoms with E-state index in [4.69, 9.17) is 15.6 Å². The van der Waals surface area contributed by atoms with Gasteiger partial charge in [-0.3, -0.25) is 14.9 Å². The van der Waals surface area contributed by atoms with E-state index in [1.165, 1.54) is 24.3 Å². The number of carbonyl (C=O) groups is 1. The van der Waals surface area contributed by atoms with Crippen LogP contribution in [0.1, 0.15) is 25.7 Å². The molecule has 7 heteroatoms. The molecule has 0 heterocycles. The number of hydrogen-bond donors (Lipinski definition) is 2. The summed E-state index contributed by atoms with van der Waals surface area (Å²) in [7, 11) is 0. The van der Waals surface area contributed by atoms with E-state index in [2.05, 4.69) is 0 Å². The van der Waals surface area contributed by atoms with Crippen LogP contribution in [0.15, 0.2) is 24.3 Å². The van der Waals surface area contributed by atoms with Crippen molar-refractivity contribution in [3.63, 3.8) is 0 Å². The molecule has 7 nitrogen and oxygen atoms in total. The third kappa shape index (κ3) is 3.05. The second-order valence-electron chi connectivity index (χ2n) is 5.05. The monoisotopic (exact) mass is 280 g/mol. The first kappa shape index (κ1) is 14.3. The number of hydrogen-bond acceptors (Lipinski definition) is 5. The maximum absolute atomic E-state index is 11.1. The first-order valence-electron chi connectivity index (χ1n) is 6.34. The van der Waals surface area contributed by atoms with Crippen LogP contribution in [0.2, 0.25) is 0 Å². The number of non-ortho nitro benzene ring substituents is 1. The van der Waals surface area contributed by atoms with E-state index in [1.807, 2.05) is 0 Å². The molecule has 0 aromatic heterocycles. The molecule has 2 atom stereocenters. The number of nitrogens with two attached hydrogens (primary N) is 1. The third-order valence-electron chi connectivity index (χ3n) is 3.52. The zero-order chi connectivity index (χ0) is 14.8. The fourth-order valence-corrected chi connectivity index (χ4v) is 2.39. The van der Waals surface area contributed by atoms with Gasteiger partial charge in [0, 0.05) is 18.6 Å². The first-order chi connectivity index (χ1) is 9.40. The lowest BCUT2D eigenvalue weighted by Gasteiger charge is -2.34.